The molecule has 0 fully saturated rings. The van der Waals surface area contributed by atoms with Crippen LogP contribution in [0.15, 0.2) is 53.3 Å². The van der Waals surface area contributed by atoms with Gasteiger partial charge in [0.15, 0.2) is 0 Å². The highest BCUT2D eigenvalue weighted by atomic mass is 16.5. The SMILES string of the molecule is COc1ccc(C=C2CCCCn3c2nc(=O)c2ccccc23)cc1. The van der Waals surface area contributed by atoms with Crippen LogP contribution in [0.1, 0.15) is 30.7 Å². The maximum absolute atomic E-state index is 12.5. The van der Waals surface area contributed by atoms with Gasteiger partial charge < -0.3 is 9.30 Å². The molecule has 0 N–H and O–H groups in total. The third kappa shape index (κ3) is 2.95. The largest absolute Gasteiger partial charge is 0.497 e. The molecule has 0 amide bonds. The topological polar surface area (TPSA) is 44.1 Å². The second kappa shape index (κ2) is 6.55. The molecule has 0 radical (unpaired) electrons. The van der Waals surface area contributed by atoms with E-state index in [9.17, 15) is 4.79 Å². The Balaban J connectivity index is 1.88. The zero-order chi connectivity index (χ0) is 17.2. The van der Waals surface area contributed by atoms with E-state index < -0.39 is 0 Å². The highest BCUT2D eigenvalue weighted by Gasteiger charge is 2.17. The van der Waals surface area contributed by atoms with Crippen molar-refractivity contribution in [2.75, 3.05) is 7.11 Å². The van der Waals surface area contributed by atoms with Crippen molar-refractivity contribution in [3.05, 3.63) is 70.3 Å². The summed E-state index contributed by atoms with van der Waals surface area (Å²) in [5.41, 5.74) is 3.03. The van der Waals surface area contributed by atoms with Crippen LogP contribution in [0.5, 0.6) is 5.75 Å². The number of allylic oxidation sites excluding steroid dienone is 1. The van der Waals surface area contributed by atoms with Crippen LogP contribution in [0.3, 0.4) is 0 Å². The number of fused-ring (bicyclic) bond motifs is 3. The lowest BCUT2D eigenvalue weighted by Gasteiger charge is -2.14. The monoisotopic (exact) mass is 332 g/mol. The van der Waals surface area contributed by atoms with Crippen molar-refractivity contribution in [3.8, 4) is 5.75 Å². The number of rotatable bonds is 2. The first-order chi connectivity index (χ1) is 12.3. The van der Waals surface area contributed by atoms with Crippen molar-refractivity contribution in [1.29, 1.82) is 0 Å². The van der Waals surface area contributed by atoms with E-state index in [1.54, 1.807) is 7.11 Å². The van der Waals surface area contributed by atoms with Gasteiger partial charge in [0.25, 0.3) is 5.56 Å². The summed E-state index contributed by atoms with van der Waals surface area (Å²) in [7, 11) is 1.66. The third-order valence-corrected chi connectivity index (χ3v) is 4.71. The van der Waals surface area contributed by atoms with Gasteiger partial charge >= 0.3 is 0 Å². The predicted molar refractivity (Wildman–Crippen MR) is 101 cm³/mol. The normalized spacial score (nSPS) is 15.8. The van der Waals surface area contributed by atoms with Gasteiger partial charge in [-0.1, -0.05) is 24.3 Å². The molecule has 0 aliphatic carbocycles. The average Bonchev–Trinajstić information content (AvgIpc) is 2.85. The first-order valence-electron chi connectivity index (χ1n) is 8.61. The summed E-state index contributed by atoms with van der Waals surface area (Å²) >= 11 is 0. The van der Waals surface area contributed by atoms with Gasteiger partial charge in [0, 0.05) is 6.54 Å². The smallest absolute Gasteiger partial charge is 0.281 e. The first kappa shape index (κ1) is 15.6. The zero-order valence-electron chi connectivity index (χ0n) is 14.2. The third-order valence-electron chi connectivity index (χ3n) is 4.71. The van der Waals surface area contributed by atoms with Gasteiger partial charge in [0.05, 0.1) is 18.0 Å². The number of hydrogen-bond acceptors (Lipinski definition) is 3. The molecular formula is C21H20N2O2. The minimum atomic E-state index is -0.149. The lowest BCUT2D eigenvalue weighted by Crippen LogP contribution is -2.17. The van der Waals surface area contributed by atoms with Crippen LogP contribution in [-0.4, -0.2) is 16.7 Å². The molecule has 0 unspecified atom stereocenters. The molecule has 25 heavy (non-hydrogen) atoms. The molecule has 0 saturated heterocycles. The van der Waals surface area contributed by atoms with E-state index in [-0.39, 0.29) is 5.56 Å². The zero-order valence-corrected chi connectivity index (χ0v) is 14.2. The molecule has 3 aromatic rings. The number of para-hydroxylation sites is 1. The summed E-state index contributed by atoms with van der Waals surface area (Å²) in [5.74, 6) is 1.64. The Morgan fingerprint density at radius 2 is 1.88 bits per heavy atom. The molecule has 0 atom stereocenters. The Morgan fingerprint density at radius 3 is 2.68 bits per heavy atom. The van der Waals surface area contributed by atoms with Gasteiger partial charge in [-0.05, 0) is 60.7 Å². The molecular weight excluding hydrogens is 312 g/mol. The number of benzene rings is 2. The number of hydrogen-bond donors (Lipinski definition) is 0. The van der Waals surface area contributed by atoms with E-state index in [0.717, 1.165) is 54.0 Å². The van der Waals surface area contributed by atoms with Gasteiger partial charge in [0.1, 0.15) is 11.6 Å². The van der Waals surface area contributed by atoms with Crippen LogP contribution in [0.25, 0.3) is 22.6 Å². The minimum absolute atomic E-state index is 0.149. The molecule has 4 rings (SSSR count). The Kier molecular flexibility index (Phi) is 4.10. The highest BCUT2D eigenvalue weighted by molar-refractivity contribution is 5.84. The Bertz CT molecular complexity index is 1000. The lowest BCUT2D eigenvalue weighted by molar-refractivity contribution is 0.415. The van der Waals surface area contributed by atoms with Crippen molar-refractivity contribution >= 4 is 22.6 Å². The van der Waals surface area contributed by atoms with Gasteiger partial charge in [-0.15, -0.1) is 0 Å². The molecule has 4 heteroatoms. The molecule has 1 aromatic heterocycles. The summed E-state index contributed by atoms with van der Waals surface area (Å²) in [6.45, 7) is 0.892. The van der Waals surface area contributed by atoms with Crippen LogP contribution in [0, 0.1) is 0 Å². The predicted octanol–water partition coefficient (Wildman–Crippen LogP) is 4.13. The number of nitrogens with zero attached hydrogens (tertiary/aromatic N) is 2. The van der Waals surface area contributed by atoms with E-state index >= 15 is 0 Å². The van der Waals surface area contributed by atoms with Gasteiger partial charge in [0.2, 0.25) is 0 Å². The van der Waals surface area contributed by atoms with Crippen LogP contribution in [0.4, 0.5) is 0 Å². The van der Waals surface area contributed by atoms with E-state index in [2.05, 4.69) is 15.6 Å². The highest BCUT2D eigenvalue weighted by Crippen LogP contribution is 2.28. The Labute approximate surface area is 146 Å². The number of aryl methyl sites for hydroxylation is 1. The average molecular weight is 332 g/mol. The summed E-state index contributed by atoms with van der Waals surface area (Å²) in [5, 5.41) is 0.692. The number of ether oxygens (including phenoxy) is 1. The molecule has 2 heterocycles. The van der Waals surface area contributed by atoms with Crippen LogP contribution < -0.4 is 10.3 Å². The maximum atomic E-state index is 12.5. The van der Waals surface area contributed by atoms with E-state index in [1.807, 2.05) is 48.5 Å². The summed E-state index contributed by atoms with van der Waals surface area (Å²) in [4.78, 5) is 16.9. The van der Waals surface area contributed by atoms with Crippen LogP contribution in [-0.2, 0) is 6.54 Å². The van der Waals surface area contributed by atoms with Crippen molar-refractivity contribution in [3.63, 3.8) is 0 Å². The number of aromatic nitrogens is 2. The second-order valence-corrected chi connectivity index (χ2v) is 6.31. The van der Waals surface area contributed by atoms with Crippen molar-refractivity contribution in [1.82, 2.24) is 9.55 Å². The Hall–Kier alpha value is -2.88. The maximum Gasteiger partial charge on any atom is 0.281 e. The summed E-state index contributed by atoms with van der Waals surface area (Å²) < 4.78 is 7.41. The van der Waals surface area contributed by atoms with E-state index in [0.29, 0.717) is 5.39 Å². The molecule has 126 valence electrons. The van der Waals surface area contributed by atoms with Crippen molar-refractivity contribution in [2.45, 2.75) is 25.8 Å². The van der Waals surface area contributed by atoms with Gasteiger partial charge in [-0.25, -0.2) is 0 Å². The molecule has 4 nitrogen and oxygen atoms in total. The minimum Gasteiger partial charge on any atom is -0.497 e. The molecule has 1 aliphatic heterocycles. The van der Waals surface area contributed by atoms with Crippen molar-refractivity contribution < 1.29 is 4.74 Å². The second-order valence-electron chi connectivity index (χ2n) is 6.31. The molecule has 0 spiro atoms. The number of methoxy groups -OCH3 is 1. The van der Waals surface area contributed by atoms with Gasteiger partial charge in [-0.2, -0.15) is 4.98 Å². The Morgan fingerprint density at radius 1 is 1.08 bits per heavy atom. The molecule has 0 bridgehead atoms. The van der Waals surface area contributed by atoms with Crippen LogP contribution >= 0.6 is 0 Å². The molecule has 1 aliphatic rings. The van der Waals surface area contributed by atoms with E-state index in [4.69, 9.17) is 4.74 Å². The fraction of sp³-hybridized carbons (Fsp3) is 0.238. The quantitative estimate of drug-likeness (QED) is 0.709. The summed E-state index contributed by atoms with van der Waals surface area (Å²) in [6, 6.07) is 15.7. The fourth-order valence-electron chi connectivity index (χ4n) is 3.43. The standard InChI is InChI=1S/C21H20N2O2/c1-25-17-11-9-15(10-12-17)14-16-6-4-5-13-23-19-8-3-2-7-18(19)21(24)22-20(16)23/h2-3,7-12,14H,4-6,13H2,1H3. The van der Waals surface area contributed by atoms with Crippen molar-refractivity contribution in [2.24, 2.45) is 0 Å². The fourth-order valence-corrected chi connectivity index (χ4v) is 3.43. The lowest BCUT2D eigenvalue weighted by atomic mass is 10.1. The van der Waals surface area contributed by atoms with Gasteiger partial charge in [-0.3, -0.25) is 4.79 Å². The van der Waals surface area contributed by atoms with E-state index in [1.165, 1.54) is 0 Å². The molecule has 2 aromatic carbocycles. The van der Waals surface area contributed by atoms with Crippen LogP contribution in [0.2, 0.25) is 0 Å². The first-order valence-corrected chi connectivity index (χ1v) is 8.61. The summed E-state index contributed by atoms with van der Waals surface area (Å²) in [6.07, 6.45) is 5.24. The molecule has 0 saturated carbocycles.